The Kier molecular flexibility index (Phi) is 2.70. The molecular formula is C7H5FN2O4. The van der Waals surface area contributed by atoms with Crippen LogP contribution >= 0.6 is 0 Å². The van der Waals surface area contributed by atoms with E-state index in [1.807, 2.05) is 0 Å². The molecule has 7 heteroatoms. The number of methoxy groups -OCH3 is 1. The first-order chi connectivity index (χ1) is 6.57. The van der Waals surface area contributed by atoms with Crippen molar-refractivity contribution in [2.45, 2.75) is 0 Å². The van der Waals surface area contributed by atoms with Crippen molar-refractivity contribution in [2.75, 3.05) is 7.11 Å². The van der Waals surface area contributed by atoms with Gasteiger partial charge < -0.3 is 9.84 Å². The van der Waals surface area contributed by atoms with E-state index in [-0.39, 0.29) is 0 Å². The minimum atomic E-state index is -1.57. The van der Waals surface area contributed by atoms with E-state index >= 15 is 0 Å². The van der Waals surface area contributed by atoms with E-state index in [4.69, 9.17) is 5.11 Å². The van der Waals surface area contributed by atoms with Gasteiger partial charge in [0.25, 0.3) is 0 Å². The predicted molar refractivity (Wildman–Crippen MR) is 40.3 cm³/mol. The molecule has 0 aliphatic rings. The molecular weight excluding hydrogens is 195 g/mol. The van der Waals surface area contributed by atoms with Gasteiger partial charge in [-0.1, -0.05) is 0 Å². The number of rotatable bonds is 2. The fourth-order valence-electron chi connectivity index (χ4n) is 0.758. The maximum absolute atomic E-state index is 13.2. The van der Waals surface area contributed by atoms with Gasteiger partial charge in [0.15, 0.2) is 17.2 Å². The number of carbonyl (C=O) groups is 2. The molecule has 74 valence electrons. The number of carbonyl (C=O) groups excluding carboxylic acids is 1. The number of ether oxygens (including phenoxy) is 1. The van der Waals surface area contributed by atoms with Crippen LogP contribution in [0.1, 0.15) is 21.0 Å². The number of halogens is 1. The van der Waals surface area contributed by atoms with Crippen molar-refractivity contribution >= 4 is 11.9 Å². The highest BCUT2D eigenvalue weighted by molar-refractivity contribution is 5.92. The molecule has 0 fully saturated rings. The van der Waals surface area contributed by atoms with Crippen molar-refractivity contribution in [1.82, 2.24) is 9.97 Å². The first kappa shape index (κ1) is 10.0. The Morgan fingerprint density at radius 2 is 2.00 bits per heavy atom. The lowest BCUT2D eigenvalue weighted by Gasteiger charge is -2.00. The largest absolute Gasteiger partial charge is 0.476 e. The minimum absolute atomic E-state index is 0.695. The van der Waals surface area contributed by atoms with Crippen molar-refractivity contribution in [3.63, 3.8) is 0 Å². The van der Waals surface area contributed by atoms with E-state index in [1.54, 1.807) is 0 Å². The van der Waals surface area contributed by atoms with E-state index in [1.165, 1.54) is 0 Å². The molecule has 0 aromatic carbocycles. The van der Waals surface area contributed by atoms with Crippen LogP contribution < -0.4 is 0 Å². The molecule has 0 unspecified atom stereocenters. The van der Waals surface area contributed by atoms with E-state index in [9.17, 15) is 14.0 Å². The number of hydrogen-bond acceptors (Lipinski definition) is 5. The van der Waals surface area contributed by atoms with Gasteiger partial charge in [0.1, 0.15) is 6.33 Å². The second-order valence-corrected chi connectivity index (χ2v) is 2.18. The highest BCUT2D eigenvalue weighted by Gasteiger charge is 2.21. The Hall–Kier alpha value is -2.05. The summed E-state index contributed by atoms with van der Waals surface area (Å²) in [5.74, 6) is -3.92. The molecule has 0 spiro atoms. The first-order valence-corrected chi connectivity index (χ1v) is 3.40. The van der Waals surface area contributed by atoms with E-state index in [0.717, 1.165) is 13.4 Å². The third-order valence-electron chi connectivity index (χ3n) is 1.37. The van der Waals surface area contributed by atoms with Crippen LogP contribution in [-0.2, 0) is 4.74 Å². The molecule has 0 atom stereocenters. The lowest BCUT2D eigenvalue weighted by Crippen LogP contribution is -2.13. The predicted octanol–water partition coefficient (Wildman–Crippen LogP) is 0.101. The first-order valence-electron chi connectivity index (χ1n) is 3.40. The molecule has 1 aromatic rings. The van der Waals surface area contributed by atoms with Crippen LogP contribution in [0.4, 0.5) is 4.39 Å². The van der Waals surface area contributed by atoms with Gasteiger partial charge >= 0.3 is 11.9 Å². The zero-order chi connectivity index (χ0) is 10.7. The zero-order valence-corrected chi connectivity index (χ0v) is 7.02. The van der Waals surface area contributed by atoms with Gasteiger partial charge in [-0.25, -0.2) is 23.9 Å². The summed E-state index contributed by atoms with van der Waals surface area (Å²) in [6.45, 7) is 0. The van der Waals surface area contributed by atoms with E-state index < -0.39 is 29.1 Å². The molecule has 0 saturated heterocycles. The highest BCUT2D eigenvalue weighted by Crippen LogP contribution is 2.08. The Morgan fingerprint density at radius 1 is 1.43 bits per heavy atom. The second kappa shape index (κ2) is 3.77. The summed E-state index contributed by atoms with van der Waals surface area (Å²) in [4.78, 5) is 27.7. The second-order valence-electron chi connectivity index (χ2n) is 2.18. The summed E-state index contributed by atoms with van der Waals surface area (Å²) < 4.78 is 17.3. The molecule has 14 heavy (non-hydrogen) atoms. The van der Waals surface area contributed by atoms with Gasteiger partial charge in [0.2, 0.25) is 0 Å². The Balaban J connectivity index is 3.27. The number of carboxylic acids is 1. The average Bonchev–Trinajstić information content (AvgIpc) is 2.16. The monoisotopic (exact) mass is 200 g/mol. The molecule has 1 rings (SSSR count). The quantitative estimate of drug-likeness (QED) is 0.681. The number of nitrogens with zero attached hydrogens (tertiary/aromatic N) is 2. The van der Waals surface area contributed by atoms with Crippen molar-refractivity contribution in [3.05, 3.63) is 23.5 Å². The number of hydrogen-bond donors (Lipinski definition) is 1. The van der Waals surface area contributed by atoms with E-state index in [0.29, 0.717) is 0 Å². The summed E-state index contributed by atoms with van der Waals surface area (Å²) in [5, 5.41) is 8.46. The van der Waals surface area contributed by atoms with Crippen LogP contribution in [-0.4, -0.2) is 34.1 Å². The SMILES string of the molecule is COC(=O)c1ncnc(C(=O)O)c1F. The Labute approximate surface area is 77.4 Å². The molecule has 0 radical (unpaired) electrons. The molecule has 1 aromatic heterocycles. The Morgan fingerprint density at radius 3 is 2.50 bits per heavy atom. The Bertz CT molecular complexity index is 393. The molecule has 0 aliphatic carbocycles. The van der Waals surface area contributed by atoms with Gasteiger partial charge in [-0.2, -0.15) is 0 Å². The molecule has 0 bridgehead atoms. The van der Waals surface area contributed by atoms with Gasteiger partial charge in [-0.3, -0.25) is 0 Å². The van der Waals surface area contributed by atoms with E-state index in [2.05, 4.69) is 14.7 Å². The highest BCUT2D eigenvalue weighted by atomic mass is 19.1. The van der Waals surface area contributed by atoms with Gasteiger partial charge in [-0.15, -0.1) is 0 Å². The molecule has 1 heterocycles. The summed E-state index contributed by atoms with van der Waals surface area (Å²) in [5.41, 5.74) is -1.56. The third kappa shape index (κ3) is 1.65. The smallest absolute Gasteiger partial charge is 0.359 e. The number of carboxylic acid groups (broad SMARTS) is 1. The maximum Gasteiger partial charge on any atom is 0.359 e. The molecule has 0 aliphatic heterocycles. The van der Waals surface area contributed by atoms with Crippen LogP contribution in [0.5, 0.6) is 0 Å². The topological polar surface area (TPSA) is 89.4 Å². The minimum Gasteiger partial charge on any atom is -0.476 e. The number of aromatic nitrogens is 2. The average molecular weight is 200 g/mol. The standard InChI is InChI=1S/C7H5FN2O4/c1-14-7(13)5-3(8)4(6(11)12)9-2-10-5/h2H,1H3,(H,11,12). The molecule has 6 nitrogen and oxygen atoms in total. The van der Waals surface area contributed by atoms with Crippen molar-refractivity contribution in [2.24, 2.45) is 0 Å². The van der Waals surface area contributed by atoms with Crippen LogP contribution in [0, 0.1) is 5.82 Å². The lowest BCUT2D eigenvalue weighted by atomic mass is 10.3. The fraction of sp³-hybridized carbons (Fsp3) is 0.143. The van der Waals surface area contributed by atoms with Crippen LogP contribution in [0.2, 0.25) is 0 Å². The number of esters is 1. The van der Waals surface area contributed by atoms with Gasteiger partial charge in [0.05, 0.1) is 7.11 Å². The van der Waals surface area contributed by atoms with Crippen molar-refractivity contribution in [3.8, 4) is 0 Å². The van der Waals surface area contributed by atoms with Crippen LogP contribution in [0.25, 0.3) is 0 Å². The summed E-state index contributed by atoms with van der Waals surface area (Å²) in [7, 11) is 1.03. The normalized spacial score (nSPS) is 9.57. The van der Waals surface area contributed by atoms with Crippen molar-refractivity contribution in [1.29, 1.82) is 0 Å². The summed E-state index contributed by atoms with van der Waals surface area (Å²) >= 11 is 0. The molecule has 0 amide bonds. The zero-order valence-electron chi connectivity index (χ0n) is 7.02. The fourth-order valence-corrected chi connectivity index (χ4v) is 0.758. The van der Waals surface area contributed by atoms with Crippen LogP contribution in [0.15, 0.2) is 6.33 Å². The van der Waals surface area contributed by atoms with Crippen molar-refractivity contribution < 1.29 is 23.8 Å². The van der Waals surface area contributed by atoms with Gasteiger partial charge in [0, 0.05) is 0 Å². The number of aromatic carboxylic acids is 1. The van der Waals surface area contributed by atoms with Gasteiger partial charge in [-0.05, 0) is 0 Å². The third-order valence-corrected chi connectivity index (χ3v) is 1.37. The summed E-state index contributed by atoms with van der Waals surface area (Å²) in [6.07, 6.45) is 0.777. The lowest BCUT2D eigenvalue weighted by molar-refractivity contribution is 0.0587. The summed E-state index contributed by atoms with van der Waals surface area (Å²) in [6, 6.07) is 0. The molecule has 0 saturated carbocycles. The maximum atomic E-state index is 13.2. The molecule has 1 N–H and O–H groups in total. The van der Waals surface area contributed by atoms with Crippen LogP contribution in [0.3, 0.4) is 0 Å².